The van der Waals surface area contributed by atoms with Gasteiger partial charge in [-0.1, -0.05) is 6.07 Å². The van der Waals surface area contributed by atoms with E-state index in [2.05, 4.69) is 0 Å². The Bertz CT molecular complexity index is 828. The van der Waals surface area contributed by atoms with Gasteiger partial charge in [-0.3, -0.25) is 0 Å². The maximum Gasteiger partial charge on any atom is 0.243 e. The normalized spacial score (nSPS) is 16.0. The van der Waals surface area contributed by atoms with Gasteiger partial charge in [0.15, 0.2) is 0 Å². The summed E-state index contributed by atoms with van der Waals surface area (Å²) < 4.78 is 59.5. The van der Waals surface area contributed by atoms with Crippen molar-refractivity contribution < 1.29 is 21.9 Å². The first-order chi connectivity index (χ1) is 11.9. The number of anilines is 1. The van der Waals surface area contributed by atoms with E-state index in [0.29, 0.717) is 5.75 Å². The first-order valence-corrected chi connectivity index (χ1v) is 9.20. The number of hydrogen-bond donors (Lipinski definition) is 0. The van der Waals surface area contributed by atoms with Crippen molar-refractivity contribution in [2.75, 3.05) is 38.2 Å². The topological polar surface area (TPSA) is 49.9 Å². The largest absolute Gasteiger partial charge is 0.497 e. The third kappa shape index (κ3) is 3.45. The highest BCUT2D eigenvalue weighted by molar-refractivity contribution is 7.89. The summed E-state index contributed by atoms with van der Waals surface area (Å²) in [6, 6.07) is 9.82. The number of methoxy groups -OCH3 is 1. The number of nitrogens with zero attached hydrogens (tertiary/aromatic N) is 2. The van der Waals surface area contributed by atoms with Crippen molar-refractivity contribution in [3.63, 3.8) is 0 Å². The average molecular weight is 368 g/mol. The number of para-hydroxylation sites is 1. The predicted molar refractivity (Wildman–Crippen MR) is 90.3 cm³/mol. The van der Waals surface area contributed by atoms with Crippen molar-refractivity contribution in [3.05, 3.63) is 54.1 Å². The van der Waals surface area contributed by atoms with E-state index in [9.17, 15) is 17.2 Å². The van der Waals surface area contributed by atoms with E-state index in [1.165, 1.54) is 46.6 Å². The highest BCUT2D eigenvalue weighted by Crippen LogP contribution is 2.26. The second-order valence-corrected chi connectivity index (χ2v) is 7.57. The summed E-state index contributed by atoms with van der Waals surface area (Å²) in [5, 5.41) is 0. The van der Waals surface area contributed by atoms with Gasteiger partial charge >= 0.3 is 0 Å². The van der Waals surface area contributed by atoms with E-state index in [1.54, 1.807) is 12.1 Å². The third-order valence-electron chi connectivity index (χ3n) is 4.19. The minimum atomic E-state index is -3.65. The van der Waals surface area contributed by atoms with Gasteiger partial charge in [0, 0.05) is 26.2 Å². The Labute approximate surface area is 145 Å². The molecule has 1 saturated heterocycles. The molecule has 0 aliphatic carbocycles. The minimum Gasteiger partial charge on any atom is -0.497 e. The molecule has 25 heavy (non-hydrogen) atoms. The Kier molecular flexibility index (Phi) is 4.91. The average Bonchev–Trinajstić information content (AvgIpc) is 2.62. The highest BCUT2D eigenvalue weighted by Gasteiger charge is 2.30. The molecule has 0 spiro atoms. The van der Waals surface area contributed by atoms with E-state index < -0.39 is 21.7 Å². The van der Waals surface area contributed by atoms with Gasteiger partial charge in [0.1, 0.15) is 23.1 Å². The number of ether oxygens (including phenoxy) is 1. The Morgan fingerprint density at radius 2 is 1.48 bits per heavy atom. The number of rotatable bonds is 4. The Hall–Kier alpha value is -2.19. The molecule has 0 amide bonds. The van der Waals surface area contributed by atoms with Gasteiger partial charge in [0.05, 0.1) is 12.0 Å². The van der Waals surface area contributed by atoms with Crippen molar-refractivity contribution >= 4 is 15.7 Å². The summed E-state index contributed by atoms with van der Waals surface area (Å²) in [6.45, 7) is 0.741. The predicted octanol–water partition coefficient (Wildman–Crippen LogP) is 2.48. The summed E-state index contributed by atoms with van der Waals surface area (Å²) in [4.78, 5) is 1.70. The molecule has 1 fully saturated rings. The second kappa shape index (κ2) is 6.97. The van der Waals surface area contributed by atoms with Gasteiger partial charge in [-0.25, -0.2) is 17.2 Å². The van der Waals surface area contributed by atoms with Crippen LogP contribution in [-0.2, 0) is 10.0 Å². The zero-order valence-corrected chi connectivity index (χ0v) is 14.5. The molecule has 0 unspecified atom stereocenters. The minimum absolute atomic E-state index is 0.107. The first kappa shape index (κ1) is 17.6. The van der Waals surface area contributed by atoms with Gasteiger partial charge in [-0.05, 0) is 36.4 Å². The molecule has 0 N–H and O–H groups in total. The number of hydrogen-bond acceptors (Lipinski definition) is 4. The smallest absolute Gasteiger partial charge is 0.243 e. The molecule has 1 heterocycles. The van der Waals surface area contributed by atoms with Crippen LogP contribution in [0.4, 0.5) is 14.5 Å². The molecule has 0 saturated carbocycles. The fourth-order valence-corrected chi connectivity index (χ4v) is 4.26. The third-order valence-corrected chi connectivity index (χ3v) is 6.10. The molecule has 0 atom stereocenters. The van der Waals surface area contributed by atoms with Crippen molar-refractivity contribution in [2.24, 2.45) is 0 Å². The lowest BCUT2D eigenvalue weighted by Gasteiger charge is -2.35. The lowest BCUT2D eigenvalue weighted by Crippen LogP contribution is -2.49. The zero-order valence-electron chi connectivity index (χ0n) is 13.7. The quantitative estimate of drug-likeness (QED) is 0.832. The summed E-state index contributed by atoms with van der Waals surface area (Å²) in [5.74, 6) is -0.725. The lowest BCUT2D eigenvalue weighted by molar-refractivity contribution is 0.380. The van der Waals surface area contributed by atoms with Crippen LogP contribution in [0.1, 0.15) is 0 Å². The van der Waals surface area contributed by atoms with E-state index in [1.807, 2.05) is 0 Å². The molecule has 0 aromatic heterocycles. The fraction of sp³-hybridized carbons (Fsp3) is 0.294. The van der Waals surface area contributed by atoms with E-state index in [-0.39, 0.29) is 36.8 Å². The number of piperazine rings is 1. The maximum atomic E-state index is 13.9. The maximum absolute atomic E-state index is 13.9. The monoisotopic (exact) mass is 368 g/mol. The van der Waals surface area contributed by atoms with Crippen LogP contribution in [0.5, 0.6) is 5.75 Å². The van der Waals surface area contributed by atoms with Crippen LogP contribution in [0.2, 0.25) is 0 Å². The van der Waals surface area contributed by atoms with Gasteiger partial charge in [-0.15, -0.1) is 0 Å². The SMILES string of the molecule is COc1ccc(S(=O)(=O)N2CCN(c3c(F)cccc3F)CC2)cc1. The van der Waals surface area contributed by atoms with Gasteiger partial charge in [-0.2, -0.15) is 4.31 Å². The van der Waals surface area contributed by atoms with E-state index in [0.717, 1.165) is 0 Å². The molecule has 2 aromatic rings. The van der Waals surface area contributed by atoms with Gasteiger partial charge in [0.2, 0.25) is 10.0 Å². The molecule has 5 nitrogen and oxygen atoms in total. The summed E-state index contributed by atoms with van der Waals surface area (Å²) in [5.41, 5.74) is -0.107. The molecule has 2 aromatic carbocycles. The van der Waals surface area contributed by atoms with Crippen LogP contribution in [0, 0.1) is 11.6 Å². The number of benzene rings is 2. The van der Waals surface area contributed by atoms with Crippen molar-refractivity contribution in [2.45, 2.75) is 4.90 Å². The van der Waals surface area contributed by atoms with Crippen molar-refractivity contribution in [1.82, 2.24) is 4.31 Å². The molecular formula is C17H18F2N2O3S. The summed E-state index contributed by atoms with van der Waals surface area (Å²) in [6.07, 6.45) is 0. The van der Waals surface area contributed by atoms with Crippen LogP contribution in [0.3, 0.4) is 0 Å². The molecule has 1 aliphatic heterocycles. The highest BCUT2D eigenvalue weighted by atomic mass is 32.2. The van der Waals surface area contributed by atoms with E-state index in [4.69, 9.17) is 4.74 Å². The second-order valence-electron chi connectivity index (χ2n) is 5.64. The van der Waals surface area contributed by atoms with Crippen molar-refractivity contribution in [1.29, 1.82) is 0 Å². The molecule has 3 rings (SSSR count). The van der Waals surface area contributed by atoms with E-state index >= 15 is 0 Å². The Morgan fingerprint density at radius 3 is 2.00 bits per heavy atom. The lowest BCUT2D eigenvalue weighted by atomic mass is 10.2. The van der Waals surface area contributed by atoms with Crippen LogP contribution in [0.25, 0.3) is 0 Å². The first-order valence-electron chi connectivity index (χ1n) is 7.76. The Morgan fingerprint density at radius 1 is 0.920 bits per heavy atom. The van der Waals surface area contributed by atoms with Crippen LogP contribution in [-0.4, -0.2) is 46.0 Å². The molecular weight excluding hydrogens is 350 g/mol. The molecule has 0 radical (unpaired) electrons. The molecule has 8 heteroatoms. The number of sulfonamides is 1. The van der Waals surface area contributed by atoms with Crippen molar-refractivity contribution in [3.8, 4) is 5.75 Å². The van der Waals surface area contributed by atoms with Crippen LogP contribution in [0.15, 0.2) is 47.4 Å². The number of halogens is 2. The summed E-state index contributed by atoms with van der Waals surface area (Å²) >= 11 is 0. The standard InChI is InChI=1S/C17H18F2N2O3S/c1-24-13-5-7-14(8-6-13)25(22,23)21-11-9-20(10-12-21)17-15(18)3-2-4-16(17)19/h2-8H,9-12H2,1H3. The van der Waals surface area contributed by atoms with Gasteiger partial charge in [0.25, 0.3) is 0 Å². The molecule has 1 aliphatic rings. The van der Waals surface area contributed by atoms with Gasteiger partial charge < -0.3 is 9.64 Å². The zero-order chi connectivity index (χ0) is 18.0. The molecule has 134 valence electrons. The molecule has 0 bridgehead atoms. The van der Waals surface area contributed by atoms with Crippen LogP contribution < -0.4 is 9.64 Å². The van der Waals surface area contributed by atoms with Crippen LogP contribution >= 0.6 is 0 Å². The summed E-state index contributed by atoms with van der Waals surface area (Å²) in [7, 11) is -2.14. The Balaban J connectivity index is 1.75. The fourth-order valence-electron chi connectivity index (χ4n) is 2.84.